The summed E-state index contributed by atoms with van der Waals surface area (Å²) in [4.78, 5) is 24.8. The van der Waals surface area contributed by atoms with Crippen molar-refractivity contribution in [1.29, 1.82) is 0 Å². The van der Waals surface area contributed by atoms with E-state index in [4.69, 9.17) is 23.4 Å². The summed E-state index contributed by atoms with van der Waals surface area (Å²) >= 11 is 0. The Bertz CT molecular complexity index is 2910. The van der Waals surface area contributed by atoms with Crippen LogP contribution in [0.3, 0.4) is 0 Å². The van der Waals surface area contributed by atoms with Crippen molar-refractivity contribution in [2.45, 2.75) is 161 Å². The largest absolute Gasteiger partial charge is 0.497 e. The Morgan fingerprint density at radius 1 is 0.595 bits per heavy atom. The van der Waals surface area contributed by atoms with E-state index in [0.717, 1.165) is 63.1 Å². The van der Waals surface area contributed by atoms with Crippen molar-refractivity contribution in [2.24, 2.45) is 0 Å². The van der Waals surface area contributed by atoms with Gasteiger partial charge in [-0.2, -0.15) is 0 Å². The fraction of sp³-hybridized carbons (Fsp3) is 0.460. The number of hydrogen-bond donors (Lipinski definition) is 1. The number of nitrogens with zero attached hydrogens (tertiary/aromatic N) is 2. The van der Waals surface area contributed by atoms with Crippen LogP contribution in [0.2, 0.25) is 16.6 Å². The van der Waals surface area contributed by atoms with Crippen LogP contribution in [0.15, 0.2) is 98.1 Å². The molecule has 0 aliphatic heterocycles. The highest BCUT2D eigenvalue weighted by Gasteiger charge is 2.45. The molecule has 0 radical (unpaired) electrons. The second kappa shape index (κ2) is 25.1. The van der Waals surface area contributed by atoms with Crippen molar-refractivity contribution in [1.82, 2.24) is 9.13 Å². The van der Waals surface area contributed by atoms with E-state index in [1.54, 1.807) is 14.2 Å². The molecule has 0 bridgehead atoms. The number of hydrogen-bond acceptors (Lipinski definition) is 8. The first kappa shape index (κ1) is 55.9. The number of carbonyl (C=O) groups is 2. The van der Waals surface area contributed by atoms with E-state index in [2.05, 4.69) is 94.2 Å². The molecule has 0 atom stereocenters. The highest BCUT2D eigenvalue weighted by Crippen LogP contribution is 2.49. The number of rotatable bonds is 19. The van der Waals surface area contributed by atoms with Crippen molar-refractivity contribution in [3.63, 3.8) is 0 Å². The third-order valence-electron chi connectivity index (χ3n) is 16.2. The fourth-order valence-corrected chi connectivity index (χ4v) is 18.3. The van der Waals surface area contributed by atoms with E-state index in [9.17, 15) is 14.7 Å². The van der Waals surface area contributed by atoms with Gasteiger partial charge in [0.15, 0.2) is 0 Å². The predicted molar refractivity (Wildman–Crippen MR) is 304 cm³/mol. The molecule has 2 saturated carbocycles. The predicted octanol–water partition coefficient (Wildman–Crippen LogP) is 15.9. The Hall–Kier alpha value is -5.88. The summed E-state index contributed by atoms with van der Waals surface area (Å²) in [6.07, 6.45) is 15.9. The zero-order chi connectivity index (χ0) is 53.3. The smallest absolute Gasteiger partial charge is 0.337 e. The summed E-state index contributed by atoms with van der Waals surface area (Å²) in [5, 5.41) is 12.6. The second-order valence-corrected chi connectivity index (χ2v) is 26.7. The Balaban J connectivity index is 0.000000224. The maximum Gasteiger partial charge on any atom is 0.337 e. The molecule has 8 rings (SSSR count). The first-order chi connectivity index (χ1) is 35.7. The van der Waals surface area contributed by atoms with E-state index in [-0.39, 0.29) is 18.5 Å². The van der Waals surface area contributed by atoms with Gasteiger partial charge in [0.25, 0.3) is 0 Å². The first-order valence-corrected chi connectivity index (χ1v) is 29.2. The normalized spacial score (nSPS) is 14.6. The fourth-order valence-electron chi connectivity index (χ4n) is 12.9. The highest BCUT2D eigenvalue weighted by atomic mass is 28.4. The molecule has 11 heteroatoms. The minimum absolute atomic E-state index is 0.0837. The van der Waals surface area contributed by atoms with E-state index in [1.807, 2.05) is 54.6 Å². The molecular formula is C63H82N2O8Si. The zero-order valence-corrected chi connectivity index (χ0v) is 47.0. The number of carbonyl (C=O) groups excluding carboxylic acids is 2. The van der Waals surface area contributed by atoms with E-state index in [0.29, 0.717) is 59.3 Å². The van der Waals surface area contributed by atoms with Crippen LogP contribution in [-0.2, 0) is 40.2 Å². The van der Waals surface area contributed by atoms with Gasteiger partial charge in [0.05, 0.1) is 64.2 Å². The van der Waals surface area contributed by atoms with Gasteiger partial charge in [-0.3, -0.25) is 0 Å². The molecule has 2 fully saturated rings. The van der Waals surface area contributed by atoms with Crippen LogP contribution >= 0.6 is 0 Å². The van der Waals surface area contributed by atoms with E-state index in [1.165, 1.54) is 93.4 Å². The molecule has 6 aromatic rings. The van der Waals surface area contributed by atoms with Crippen molar-refractivity contribution in [3.8, 4) is 34.0 Å². The molecule has 0 saturated heterocycles. The molecule has 396 valence electrons. The van der Waals surface area contributed by atoms with Gasteiger partial charge in [-0.25, -0.2) is 9.59 Å². The average Bonchev–Trinajstić information content (AvgIpc) is 3.92. The lowest BCUT2D eigenvalue weighted by Gasteiger charge is -2.42. The van der Waals surface area contributed by atoms with Crippen molar-refractivity contribution in [2.75, 3.05) is 28.4 Å². The third kappa shape index (κ3) is 11.2. The van der Waals surface area contributed by atoms with E-state index >= 15 is 0 Å². The van der Waals surface area contributed by atoms with Gasteiger partial charge in [-0.1, -0.05) is 104 Å². The van der Waals surface area contributed by atoms with Crippen molar-refractivity contribution >= 4 is 42.1 Å². The van der Waals surface area contributed by atoms with Crippen LogP contribution < -0.4 is 9.47 Å². The lowest BCUT2D eigenvalue weighted by Crippen LogP contribution is -2.47. The summed E-state index contributed by atoms with van der Waals surface area (Å²) in [5.74, 6) is 1.78. The molecule has 10 nitrogen and oxygen atoms in total. The molecule has 0 spiro atoms. The van der Waals surface area contributed by atoms with Crippen LogP contribution in [0.5, 0.6) is 11.5 Å². The Labute approximate surface area is 441 Å². The molecule has 4 aromatic carbocycles. The Morgan fingerprint density at radius 2 is 1.00 bits per heavy atom. The lowest BCUT2D eigenvalue weighted by atomic mass is 9.81. The van der Waals surface area contributed by atoms with Crippen LogP contribution in [0, 0.1) is 0 Å². The Kier molecular flexibility index (Phi) is 18.9. The van der Waals surface area contributed by atoms with Gasteiger partial charge in [-0.05, 0) is 137 Å². The molecule has 1 N–H and O–H groups in total. The second-order valence-electron chi connectivity index (χ2n) is 21.3. The number of ether oxygens (including phenoxy) is 4. The first-order valence-electron chi connectivity index (χ1n) is 27.0. The highest BCUT2D eigenvalue weighted by molar-refractivity contribution is 6.77. The number of methoxy groups -OCH3 is 4. The minimum atomic E-state index is -2.11. The SMILES string of the molecule is C=CCn1c(-c2ccc(OC)cc2CO)c(C2CCCCC2)c2ccc(C(=O)OC)cc21.C=CCn1c(-c2ccc(OC)cc2CO[Si](C(C)C)(C(C)C)C(C)C)c(C2CCCCC2)c2ccc(C(=O)OC)cc21. The topological polar surface area (TPSA) is 110 Å². The summed E-state index contributed by atoms with van der Waals surface area (Å²) in [6, 6.07) is 24.2. The van der Waals surface area contributed by atoms with Gasteiger partial charge >= 0.3 is 11.9 Å². The van der Waals surface area contributed by atoms with Crippen LogP contribution in [0.1, 0.15) is 161 Å². The number of esters is 2. The van der Waals surface area contributed by atoms with Crippen LogP contribution in [0.4, 0.5) is 0 Å². The average molecular weight is 1020 g/mol. The van der Waals surface area contributed by atoms with Gasteiger partial charge < -0.3 is 37.6 Å². The van der Waals surface area contributed by atoms with Gasteiger partial charge in [0.2, 0.25) is 8.32 Å². The quantitative estimate of drug-likeness (QED) is 0.0485. The van der Waals surface area contributed by atoms with Crippen LogP contribution in [-0.4, -0.2) is 62.9 Å². The number of aliphatic hydroxyl groups excluding tert-OH is 1. The summed E-state index contributed by atoms with van der Waals surface area (Å²) in [7, 11) is 4.09. The lowest BCUT2D eigenvalue weighted by molar-refractivity contribution is 0.0592. The molecule has 0 amide bonds. The number of benzene rings is 4. The molecule has 2 aliphatic carbocycles. The van der Waals surface area contributed by atoms with Gasteiger partial charge in [0.1, 0.15) is 11.5 Å². The maximum absolute atomic E-state index is 12.6. The summed E-state index contributed by atoms with van der Waals surface area (Å²) < 4.78 is 33.0. The number of allylic oxidation sites excluding steroid dienone is 2. The van der Waals surface area contributed by atoms with Gasteiger partial charge in [-0.15, -0.1) is 13.2 Å². The summed E-state index contributed by atoms with van der Waals surface area (Å²) in [5.41, 5.74) is 13.7. The molecule has 2 heterocycles. The number of fused-ring (bicyclic) bond motifs is 2. The van der Waals surface area contributed by atoms with Crippen molar-refractivity contribution < 1.29 is 38.1 Å². The van der Waals surface area contributed by atoms with Gasteiger partial charge in [0, 0.05) is 46.0 Å². The monoisotopic (exact) mass is 1020 g/mol. The Morgan fingerprint density at radius 3 is 1.36 bits per heavy atom. The van der Waals surface area contributed by atoms with Crippen LogP contribution in [0.25, 0.3) is 44.3 Å². The zero-order valence-electron chi connectivity index (χ0n) is 46.0. The maximum atomic E-state index is 12.6. The third-order valence-corrected chi connectivity index (χ3v) is 22.2. The number of aliphatic hydroxyl groups is 1. The molecule has 74 heavy (non-hydrogen) atoms. The molecule has 0 unspecified atom stereocenters. The van der Waals surface area contributed by atoms with E-state index < -0.39 is 8.32 Å². The molecule has 2 aliphatic rings. The minimum Gasteiger partial charge on any atom is -0.497 e. The summed E-state index contributed by atoms with van der Waals surface area (Å²) in [6.45, 7) is 23.8. The molecule has 2 aromatic heterocycles. The van der Waals surface area contributed by atoms with Crippen molar-refractivity contribution in [3.05, 3.63) is 131 Å². The number of aromatic nitrogens is 2. The standard InChI is InChI=1S/C36H51NO4Si.C27H31NO4/c1-10-20-37-33-22-28(36(38)40-9)16-18-32(33)34(27-14-12-11-13-15-27)35(37)31-19-17-30(39-8)21-29(31)23-41-42(24(2)3,25(4)5)26(6)7;1-4-14-28-24-16-19(27(30)32-3)10-12-23(24)25(18-8-6-5-7-9-18)26(28)22-13-11-21(31-2)15-20(22)17-29/h10,16-19,21-22,24-27H,1,11-15,20,23H2,2-9H3;4,10-13,15-16,18,29H,1,5-9,14,17H2,2-3H3. The molecular weight excluding hydrogens is 941 g/mol.